The first-order valence-electron chi connectivity index (χ1n) is 11.2. The highest BCUT2D eigenvalue weighted by atomic mass is 32.2. The Labute approximate surface area is 188 Å². The SMILES string of the molecule is C=S1CCN(SN2CC(C3CCCCC3)CC2CSc2cc(CN)ccn2)CC1. The van der Waals surface area contributed by atoms with Crippen molar-refractivity contribution in [3.8, 4) is 0 Å². The predicted octanol–water partition coefficient (Wildman–Crippen LogP) is 4.48. The van der Waals surface area contributed by atoms with E-state index in [9.17, 15) is 0 Å². The van der Waals surface area contributed by atoms with Crippen molar-refractivity contribution in [2.45, 2.75) is 56.1 Å². The molecule has 2 aliphatic heterocycles. The van der Waals surface area contributed by atoms with Crippen LogP contribution in [0.25, 0.3) is 0 Å². The molecule has 162 valence electrons. The molecule has 1 aliphatic carbocycles. The van der Waals surface area contributed by atoms with Gasteiger partial charge in [-0.25, -0.2) is 13.6 Å². The maximum Gasteiger partial charge on any atom is 0.0963 e. The highest BCUT2D eigenvalue weighted by Crippen LogP contribution is 2.42. The summed E-state index contributed by atoms with van der Waals surface area (Å²) in [4.78, 5) is 4.57. The lowest BCUT2D eigenvalue weighted by atomic mass is 9.79. The molecular weight excluding hydrogens is 416 g/mol. The quantitative estimate of drug-likeness (QED) is 0.374. The van der Waals surface area contributed by atoms with Gasteiger partial charge >= 0.3 is 0 Å². The fourth-order valence-electron chi connectivity index (χ4n) is 4.86. The summed E-state index contributed by atoms with van der Waals surface area (Å²) in [7, 11) is 0.389. The molecule has 0 amide bonds. The summed E-state index contributed by atoms with van der Waals surface area (Å²) in [5.41, 5.74) is 6.99. The van der Waals surface area contributed by atoms with Gasteiger partial charge < -0.3 is 5.73 Å². The van der Waals surface area contributed by atoms with Crippen LogP contribution in [0.3, 0.4) is 0 Å². The maximum atomic E-state index is 5.82. The molecule has 2 atom stereocenters. The van der Waals surface area contributed by atoms with Gasteiger partial charge in [0.05, 0.1) is 5.03 Å². The summed E-state index contributed by atoms with van der Waals surface area (Å²) in [6, 6.07) is 4.82. The predicted molar refractivity (Wildman–Crippen MR) is 132 cm³/mol. The smallest absolute Gasteiger partial charge is 0.0963 e. The Kier molecular flexibility index (Phi) is 8.41. The van der Waals surface area contributed by atoms with Gasteiger partial charge in [0, 0.05) is 67.8 Å². The summed E-state index contributed by atoms with van der Waals surface area (Å²) in [6.45, 7) is 4.25. The second-order valence-electron chi connectivity index (χ2n) is 8.70. The van der Waals surface area contributed by atoms with Gasteiger partial charge in [-0.05, 0) is 36.0 Å². The van der Waals surface area contributed by atoms with Crippen molar-refractivity contribution in [1.82, 2.24) is 13.6 Å². The Bertz CT molecular complexity index is 670. The first-order valence-corrected chi connectivity index (χ1v) is 14.6. The van der Waals surface area contributed by atoms with Crippen molar-refractivity contribution in [1.29, 1.82) is 0 Å². The number of nitrogens with two attached hydrogens (primary N) is 1. The molecule has 0 aromatic carbocycles. The Morgan fingerprint density at radius 2 is 1.97 bits per heavy atom. The largest absolute Gasteiger partial charge is 0.326 e. The number of rotatable bonds is 7. The van der Waals surface area contributed by atoms with Crippen LogP contribution < -0.4 is 5.73 Å². The number of hydrogen-bond donors (Lipinski definition) is 1. The van der Waals surface area contributed by atoms with Crippen LogP contribution in [0, 0.1) is 11.8 Å². The molecule has 0 spiro atoms. The Morgan fingerprint density at radius 1 is 1.17 bits per heavy atom. The van der Waals surface area contributed by atoms with Gasteiger partial charge in [-0.2, -0.15) is 10.5 Å². The second kappa shape index (κ2) is 11.0. The molecule has 0 bridgehead atoms. The van der Waals surface area contributed by atoms with Gasteiger partial charge in [0.2, 0.25) is 0 Å². The zero-order valence-electron chi connectivity index (χ0n) is 17.5. The van der Waals surface area contributed by atoms with Crippen LogP contribution in [0.2, 0.25) is 0 Å². The standard InChI is InChI=1S/C22H36N4S3/c1-29-11-9-25(10-12-29)28-26-16-20(19-5-3-2-4-6-19)14-21(26)17-27-22-13-18(15-23)7-8-24-22/h7-8,13,19-21H,1-6,9-12,14-17,23H2. The van der Waals surface area contributed by atoms with Crippen molar-refractivity contribution >= 4 is 40.3 Å². The average molecular weight is 453 g/mol. The van der Waals surface area contributed by atoms with Crippen LogP contribution >= 0.6 is 34.4 Å². The highest BCUT2D eigenvalue weighted by Gasteiger charge is 2.38. The van der Waals surface area contributed by atoms with E-state index in [0.29, 0.717) is 23.1 Å². The van der Waals surface area contributed by atoms with E-state index in [1.165, 1.54) is 75.2 Å². The molecule has 4 nitrogen and oxygen atoms in total. The van der Waals surface area contributed by atoms with Gasteiger partial charge in [-0.1, -0.05) is 38.0 Å². The first-order chi connectivity index (χ1) is 14.2. The molecule has 2 saturated heterocycles. The minimum Gasteiger partial charge on any atom is -0.326 e. The topological polar surface area (TPSA) is 45.4 Å². The molecule has 0 radical (unpaired) electrons. The van der Waals surface area contributed by atoms with E-state index < -0.39 is 0 Å². The molecule has 1 saturated carbocycles. The van der Waals surface area contributed by atoms with Gasteiger partial charge in [0.25, 0.3) is 0 Å². The summed E-state index contributed by atoms with van der Waals surface area (Å²) >= 11 is 3.95. The van der Waals surface area contributed by atoms with Crippen LogP contribution in [0.1, 0.15) is 44.1 Å². The Hall–Kier alpha value is -0.0500. The maximum absolute atomic E-state index is 5.82. The van der Waals surface area contributed by atoms with Crippen LogP contribution in [0.15, 0.2) is 23.4 Å². The normalized spacial score (nSPS) is 28.2. The van der Waals surface area contributed by atoms with E-state index in [4.69, 9.17) is 5.73 Å². The highest BCUT2D eigenvalue weighted by molar-refractivity contribution is 8.14. The van der Waals surface area contributed by atoms with Gasteiger partial charge in [-0.15, -0.1) is 11.8 Å². The van der Waals surface area contributed by atoms with E-state index in [1.54, 1.807) is 0 Å². The van der Waals surface area contributed by atoms with E-state index >= 15 is 0 Å². The molecule has 7 heteroatoms. The van der Waals surface area contributed by atoms with Gasteiger partial charge in [-0.3, -0.25) is 0 Å². The van der Waals surface area contributed by atoms with E-state index in [0.717, 1.165) is 22.6 Å². The van der Waals surface area contributed by atoms with E-state index in [-0.39, 0.29) is 0 Å². The summed E-state index contributed by atoms with van der Waals surface area (Å²) in [5.74, 6) is 9.78. The average Bonchev–Trinajstić information content (AvgIpc) is 3.17. The third-order valence-electron chi connectivity index (χ3n) is 6.65. The molecule has 3 fully saturated rings. The fraction of sp³-hybridized carbons (Fsp3) is 0.727. The third-order valence-corrected chi connectivity index (χ3v) is 10.5. The minimum atomic E-state index is 0.389. The van der Waals surface area contributed by atoms with Crippen LogP contribution in [-0.2, 0) is 6.54 Å². The number of hydrogen-bond acceptors (Lipinski definition) is 6. The fourth-order valence-corrected chi connectivity index (χ4v) is 8.59. The summed E-state index contributed by atoms with van der Waals surface area (Å²) in [6.07, 6.45) is 10.5. The van der Waals surface area contributed by atoms with Gasteiger partial charge in [0.15, 0.2) is 0 Å². The number of nitrogens with zero attached hydrogens (tertiary/aromatic N) is 3. The lowest BCUT2D eigenvalue weighted by Crippen LogP contribution is -2.35. The van der Waals surface area contributed by atoms with E-state index in [2.05, 4.69) is 25.5 Å². The number of thioether (sulfide) groups is 1. The molecule has 4 rings (SSSR count). The zero-order valence-corrected chi connectivity index (χ0v) is 20.0. The molecule has 1 aromatic rings. The number of aromatic nitrogens is 1. The summed E-state index contributed by atoms with van der Waals surface area (Å²) in [5, 5.41) is 1.12. The van der Waals surface area contributed by atoms with Crippen molar-refractivity contribution in [2.24, 2.45) is 17.6 Å². The molecule has 3 heterocycles. The summed E-state index contributed by atoms with van der Waals surface area (Å²) < 4.78 is 5.33. The zero-order chi connectivity index (χ0) is 20.1. The molecule has 29 heavy (non-hydrogen) atoms. The lowest BCUT2D eigenvalue weighted by molar-refractivity contribution is 0.256. The van der Waals surface area contributed by atoms with Crippen molar-refractivity contribution in [3.63, 3.8) is 0 Å². The van der Waals surface area contributed by atoms with Crippen LogP contribution in [-0.4, -0.2) is 62.4 Å². The van der Waals surface area contributed by atoms with Crippen molar-refractivity contribution in [2.75, 3.05) is 36.9 Å². The number of pyridine rings is 1. The van der Waals surface area contributed by atoms with Crippen LogP contribution in [0.5, 0.6) is 0 Å². The second-order valence-corrected chi connectivity index (χ2v) is 12.9. The molecule has 2 N–H and O–H groups in total. The minimum absolute atomic E-state index is 0.389. The molecular formula is C22H36N4S3. The third kappa shape index (κ3) is 6.23. The Balaban J connectivity index is 1.38. The molecule has 1 aromatic heterocycles. The van der Waals surface area contributed by atoms with Gasteiger partial charge in [0.1, 0.15) is 0 Å². The monoisotopic (exact) mass is 452 g/mol. The van der Waals surface area contributed by atoms with Crippen molar-refractivity contribution in [3.05, 3.63) is 23.9 Å². The van der Waals surface area contributed by atoms with Crippen LogP contribution in [0.4, 0.5) is 0 Å². The first kappa shape index (κ1) is 22.2. The van der Waals surface area contributed by atoms with Crippen molar-refractivity contribution < 1.29 is 0 Å². The molecule has 3 aliphatic rings. The Morgan fingerprint density at radius 3 is 2.72 bits per heavy atom. The molecule has 2 unspecified atom stereocenters. The lowest BCUT2D eigenvalue weighted by Gasteiger charge is -2.33. The van der Waals surface area contributed by atoms with E-state index in [1.807, 2.05) is 36.2 Å².